The molecule has 0 saturated heterocycles. The minimum atomic E-state index is 0.414. The van der Waals surface area contributed by atoms with Gasteiger partial charge in [0.1, 0.15) is 11.6 Å². The fraction of sp³-hybridized carbons (Fsp3) is 0.0909. The average molecular weight is 235 g/mol. The van der Waals surface area contributed by atoms with Crippen LogP contribution >= 0.6 is 11.6 Å². The standard InChI is InChI=1S/C11H11ClN4/c12-9-3-1-8(2-4-9)7-14-11-6-5-10(13)15-16-11/h1-6H,7H2,(H2,13,15)(H,14,16). The van der Waals surface area contributed by atoms with E-state index in [0.717, 1.165) is 10.6 Å². The van der Waals surface area contributed by atoms with Crippen LogP contribution in [0.15, 0.2) is 36.4 Å². The van der Waals surface area contributed by atoms with Crippen LogP contribution < -0.4 is 11.1 Å². The number of rotatable bonds is 3. The minimum Gasteiger partial charge on any atom is -0.382 e. The lowest BCUT2D eigenvalue weighted by Crippen LogP contribution is -2.03. The van der Waals surface area contributed by atoms with Gasteiger partial charge in [-0.1, -0.05) is 23.7 Å². The molecule has 0 aliphatic heterocycles. The molecule has 0 aliphatic carbocycles. The van der Waals surface area contributed by atoms with E-state index in [0.29, 0.717) is 18.2 Å². The van der Waals surface area contributed by atoms with Crippen molar-refractivity contribution in [3.8, 4) is 0 Å². The summed E-state index contributed by atoms with van der Waals surface area (Å²) in [6.07, 6.45) is 0. The lowest BCUT2D eigenvalue weighted by atomic mass is 10.2. The smallest absolute Gasteiger partial charge is 0.149 e. The van der Waals surface area contributed by atoms with Crippen molar-refractivity contribution in [1.82, 2.24) is 10.2 Å². The fourth-order valence-electron chi connectivity index (χ4n) is 1.23. The van der Waals surface area contributed by atoms with E-state index in [1.807, 2.05) is 24.3 Å². The summed E-state index contributed by atoms with van der Waals surface area (Å²) in [5.41, 5.74) is 6.56. The van der Waals surface area contributed by atoms with Gasteiger partial charge in [-0.2, -0.15) is 0 Å². The Morgan fingerprint density at radius 3 is 2.44 bits per heavy atom. The summed E-state index contributed by atoms with van der Waals surface area (Å²) in [4.78, 5) is 0. The second kappa shape index (κ2) is 4.81. The van der Waals surface area contributed by atoms with E-state index in [2.05, 4.69) is 15.5 Å². The third-order valence-corrected chi connectivity index (χ3v) is 2.32. The molecule has 0 saturated carbocycles. The van der Waals surface area contributed by atoms with Crippen LogP contribution in [0.5, 0.6) is 0 Å². The summed E-state index contributed by atoms with van der Waals surface area (Å²) in [6, 6.07) is 11.1. The summed E-state index contributed by atoms with van der Waals surface area (Å²) in [5.74, 6) is 1.11. The minimum absolute atomic E-state index is 0.414. The number of aromatic nitrogens is 2. The van der Waals surface area contributed by atoms with Crippen LogP contribution in [0.4, 0.5) is 11.6 Å². The van der Waals surface area contributed by atoms with Gasteiger partial charge in [-0.3, -0.25) is 0 Å². The van der Waals surface area contributed by atoms with Crippen LogP contribution in [0.2, 0.25) is 5.02 Å². The van der Waals surface area contributed by atoms with Crippen molar-refractivity contribution in [2.45, 2.75) is 6.54 Å². The van der Waals surface area contributed by atoms with E-state index in [1.165, 1.54) is 0 Å². The number of nitrogens with one attached hydrogen (secondary N) is 1. The third kappa shape index (κ3) is 2.84. The number of anilines is 2. The molecule has 0 radical (unpaired) electrons. The average Bonchev–Trinajstić information content (AvgIpc) is 2.30. The molecule has 2 rings (SSSR count). The molecule has 4 nitrogen and oxygen atoms in total. The molecule has 82 valence electrons. The van der Waals surface area contributed by atoms with Crippen LogP contribution in [0.25, 0.3) is 0 Å². The van der Waals surface area contributed by atoms with Crippen LogP contribution in [0.3, 0.4) is 0 Å². The van der Waals surface area contributed by atoms with Crippen molar-refractivity contribution >= 4 is 23.2 Å². The Bertz CT molecular complexity index is 407. The highest BCUT2D eigenvalue weighted by molar-refractivity contribution is 6.30. The van der Waals surface area contributed by atoms with Crippen LogP contribution in [0, 0.1) is 0 Å². The summed E-state index contributed by atoms with van der Waals surface area (Å²) in [7, 11) is 0. The number of hydrogen-bond donors (Lipinski definition) is 2. The number of nitrogens with zero attached hydrogens (tertiary/aromatic N) is 2. The van der Waals surface area contributed by atoms with Gasteiger partial charge in [0.15, 0.2) is 0 Å². The van der Waals surface area contributed by atoms with Crippen molar-refractivity contribution in [2.75, 3.05) is 11.1 Å². The Hall–Kier alpha value is -1.81. The molecule has 2 aromatic rings. The molecule has 0 spiro atoms. The van der Waals surface area contributed by atoms with Crippen LogP contribution in [-0.2, 0) is 6.54 Å². The topological polar surface area (TPSA) is 63.8 Å². The molecule has 3 N–H and O–H groups in total. The van der Waals surface area contributed by atoms with Gasteiger partial charge in [0.05, 0.1) is 0 Å². The van der Waals surface area contributed by atoms with Crippen molar-refractivity contribution < 1.29 is 0 Å². The zero-order valence-corrected chi connectivity index (χ0v) is 9.28. The van der Waals surface area contributed by atoms with E-state index < -0.39 is 0 Å². The maximum atomic E-state index is 5.79. The molecule has 16 heavy (non-hydrogen) atoms. The van der Waals surface area contributed by atoms with Crippen molar-refractivity contribution in [1.29, 1.82) is 0 Å². The van der Waals surface area contributed by atoms with Crippen molar-refractivity contribution in [3.05, 3.63) is 47.0 Å². The van der Waals surface area contributed by atoms with Gasteiger partial charge in [-0.15, -0.1) is 10.2 Å². The summed E-state index contributed by atoms with van der Waals surface area (Å²) >= 11 is 5.79. The zero-order valence-electron chi connectivity index (χ0n) is 8.52. The van der Waals surface area contributed by atoms with Crippen LogP contribution in [0.1, 0.15) is 5.56 Å². The first-order valence-electron chi connectivity index (χ1n) is 4.81. The summed E-state index contributed by atoms with van der Waals surface area (Å²) in [5, 5.41) is 11.5. The van der Waals surface area contributed by atoms with Crippen molar-refractivity contribution in [3.63, 3.8) is 0 Å². The Labute approximate surface area is 98.5 Å². The number of halogens is 1. The van der Waals surface area contributed by atoms with E-state index in [4.69, 9.17) is 17.3 Å². The van der Waals surface area contributed by atoms with Crippen molar-refractivity contribution in [2.24, 2.45) is 0 Å². The van der Waals surface area contributed by atoms with Gasteiger partial charge < -0.3 is 11.1 Å². The Morgan fingerprint density at radius 2 is 1.81 bits per heavy atom. The lowest BCUT2D eigenvalue weighted by Gasteiger charge is -2.04. The zero-order chi connectivity index (χ0) is 11.4. The van der Waals surface area contributed by atoms with Gasteiger partial charge in [-0.25, -0.2) is 0 Å². The fourth-order valence-corrected chi connectivity index (χ4v) is 1.36. The lowest BCUT2D eigenvalue weighted by molar-refractivity contribution is 1.01. The molecule has 1 aromatic heterocycles. The highest BCUT2D eigenvalue weighted by Crippen LogP contribution is 2.11. The van der Waals surface area contributed by atoms with Gasteiger partial charge in [0.2, 0.25) is 0 Å². The molecule has 0 unspecified atom stereocenters. The predicted molar refractivity (Wildman–Crippen MR) is 65.2 cm³/mol. The Morgan fingerprint density at radius 1 is 1.06 bits per heavy atom. The number of benzene rings is 1. The molecule has 0 fully saturated rings. The molecule has 5 heteroatoms. The molecule has 0 atom stereocenters. The normalized spacial score (nSPS) is 10.1. The SMILES string of the molecule is Nc1ccc(NCc2ccc(Cl)cc2)nn1. The highest BCUT2D eigenvalue weighted by atomic mass is 35.5. The molecule has 0 aliphatic rings. The molecule has 0 bridgehead atoms. The first-order chi connectivity index (χ1) is 7.74. The van der Waals surface area contributed by atoms with E-state index >= 15 is 0 Å². The predicted octanol–water partition coefficient (Wildman–Crippen LogP) is 2.32. The quantitative estimate of drug-likeness (QED) is 0.856. The second-order valence-electron chi connectivity index (χ2n) is 3.32. The molecule has 0 amide bonds. The maximum absolute atomic E-state index is 5.79. The van der Waals surface area contributed by atoms with E-state index in [9.17, 15) is 0 Å². The number of hydrogen-bond acceptors (Lipinski definition) is 4. The Kier molecular flexibility index (Phi) is 3.22. The first kappa shape index (κ1) is 10.7. The van der Waals surface area contributed by atoms with E-state index in [1.54, 1.807) is 12.1 Å². The molecule has 1 heterocycles. The molecule has 1 aromatic carbocycles. The van der Waals surface area contributed by atoms with Crippen LogP contribution in [-0.4, -0.2) is 10.2 Å². The highest BCUT2D eigenvalue weighted by Gasteiger charge is 1.96. The summed E-state index contributed by atoms with van der Waals surface area (Å²) in [6.45, 7) is 0.676. The third-order valence-electron chi connectivity index (χ3n) is 2.07. The van der Waals surface area contributed by atoms with Gasteiger partial charge in [-0.05, 0) is 29.8 Å². The Balaban J connectivity index is 1.97. The second-order valence-corrected chi connectivity index (χ2v) is 3.76. The number of nitrogens with two attached hydrogens (primary N) is 1. The molecular weight excluding hydrogens is 224 g/mol. The van der Waals surface area contributed by atoms with Gasteiger partial charge >= 0.3 is 0 Å². The van der Waals surface area contributed by atoms with Gasteiger partial charge in [0, 0.05) is 11.6 Å². The first-order valence-corrected chi connectivity index (χ1v) is 5.19. The largest absolute Gasteiger partial charge is 0.382 e. The van der Waals surface area contributed by atoms with E-state index in [-0.39, 0.29) is 0 Å². The molecular formula is C11H11ClN4. The maximum Gasteiger partial charge on any atom is 0.149 e. The van der Waals surface area contributed by atoms with Gasteiger partial charge in [0.25, 0.3) is 0 Å². The summed E-state index contributed by atoms with van der Waals surface area (Å²) < 4.78 is 0. The monoisotopic (exact) mass is 234 g/mol. The number of nitrogen functional groups attached to an aromatic ring is 1.